The normalized spacial score (nSPS) is 10.8. The van der Waals surface area contributed by atoms with Crippen LogP contribution in [0.2, 0.25) is 0 Å². The summed E-state index contributed by atoms with van der Waals surface area (Å²) in [5, 5.41) is 7.63. The van der Waals surface area contributed by atoms with Crippen LogP contribution in [0.3, 0.4) is 0 Å². The van der Waals surface area contributed by atoms with Gasteiger partial charge < -0.3 is 10.1 Å². The van der Waals surface area contributed by atoms with E-state index < -0.39 is 0 Å². The molecule has 1 aromatic carbocycles. The van der Waals surface area contributed by atoms with Crippen LogP contribution in [0.15, 0.2) is 36.7 Å². The molecule has 0 amide bonds. The van der Waals surface area contributed by atoms with Crippen molar-refractivity contribution in [2.45, 2.75) is 26.3 Å². The maximum atomic E-state index is 5.38. The second kappa shape index (κ2) is 6.43. The van der Waals surface area contributed by atoms with E-state index >= 15 is 0 Å². The van der Waals surface area contributed by atoms with E-state index in [0.29, 0.717) is 12.3 Å². The number of benzene rings is 1. The second-order valence-electron chi connectivity index (χ2n) is 5.02. The first kappa shape index (κ1) is 14.3. The van der Waals surface area contributed by atoms with Crippen molar-refractivity contribution in [3.05, 3.63) is 47.9 Å². The van der Waals surface area contributed by atoms with Crippen molar-refractivity contribution in [3.8, 4) is 5.75 Å². The van der Waals surface area contributed by atoms with Crippen LogP contribution in [0.4, 0.5) is 5.82 Å². The van der Waals surface area contributed by atoms with E-state index in [1.165, 1.54) is 6.33 Å². The Hall–Kier alpha value is -2.63. The molecule has 2 heterocycles. The van der Waals surface area contributed by atoms with Crippen molar-refractivity contribution in [1.29, 1.82) is 0 Å². The molecular weight excluding hydrogens is 278 g/mol. The Morgan fingerprint density at radius 3 is 2.95 bits per heavy atom. The molecule has 6 nitrogen and oxygen atoms in total. The summed E-state index contributed by atoms with van der Waals surface area (Å²) in [5.41, 5.74) is 2.11. The molecule has 3 aromatic rings. The fraction of sp³-hybridized carbons (Fsp3) is 0.312. The molecule has 2 aromatic heterocycles. The van der Waals surface area contributed by atoms with Crippen LogP contribution < -0.4 is 10.1 Å². The number of methoxy groups -OCH3 is 1. The highest BCUT2D eigenvalue weighted by Crippen LogP contribution is 2.19. The lowest BCUT2D eigenvalue weighted by molar-refractivity contribution is 0.410. The van der Waals surface area contributed by atoms with Crippen LogP contribution >= 0.6 is 0 Å². The number of fused-ring (bicyclic) bond motifs is 1. The van der Waals surface area contributed by atoms with Crippen molar-refractivity contribution in [3.63, 3.8) is 0 Å². The number of ether oxygens (including phenoxy) is 1. The maximum absolute atomic E-state index is 5.38. The molecule has 0 atom stereocenters. The Balaban J connectivity index is 1.88. The first-order chi connectivity index (χ1) is 10.8. The van der Waals surface area contributed by atoms with Gasteiger partial charge >= 0.3 is 0 Å². The molecule has 0 aliphatic rings. The minimum Gasteiger partial charge on any atom is -0.496 e. The predicted octanol–water partition coefficient (Wildman–Crippen LogP) is 2.70. The fourth-order valence-electron chi connectivity index (χ4n) is 2.41. The second-order valence-corrected chi connectivity index (χ2v) is 5.02. The van der Waals surface area contributed by atoms with Gasteiger partial charge in [-0.25, -0.2) is 4.98 Å². The number of rotatable bonds is 6. The van der Waals surface area contributed by atoms with Gasteiger partial charge in [0.25, 0.3) is 5.78 Å². The number of hydrogen-bond acceptors (Lipinski definition) is 5. The number of nitrogens with one attached hydrogen (secondary N) is 1. The monoisotopic (exact) mass is 297 g/mol. The summed E-state index contributed by atoms with van der Waals surface area (Å²) in [4.78, 5) is 8.69. The van der Waals surface area contributed by atoms with Gasteiger partial charge in [0.1, 0.15) is 17.9 Å². The number of hydrogen-bond donors (Lipinski definition) is 1. The van der Waals surface area contributed by atoms with Gasteiger partial charge in [0, 0.05) is 23.9 Å². The SMILES string of the molecule is CCCc1cc(NCc2ccccc2OC)n2ncnc2n1. The number of anilines is 1. The van der Waals surface area contributed by atoms with Gasteiger partial charge in [-0.05, 0) is 12.5 Å². The van der Waals surface area contributed by atoms with E-state index in [2.05, 4.69) is 27.3 Å². The largest absolute Gasteiger partial charge is 0.496 e. The average Bonchev–Trinajstić information content (AvgIpc) is 3.01. The third kappa shape index (κ3) is 2.86. The summed E-state index contributed by atoms with van der Waals surface area (Å²) >= 11 is 0. The maximum Gasteiger partial charge on any atom is 0.254 e. The molecule has 0 radical (unpaired) electrons. The molecule has 1 N–H and O–H groups in total. The van der Waals surface area contributed by atoms with Gasteiger partial charge in [-0.15, -0.1) is 0 Å². The van der Waals surface area contributed by atoms with Gasteiger partial charge in [-0.1, -0.05) is 31.5 Å². The molecule has 0 fully saturated rings. The van der Waals surface area contributed by atoms with Crippen LogP contribution in [0.25, 0.3) is 5.78 Å². The summed E-state index contributed by atoms with van der Waals surface area (Å²) in [6, 6.07) is 9.99. The van der Waals surface area contributed by atoms with Crippen molar-refractivity contribution in [1.82, 2.24) is 19.6 Å². The van der Waals surface area contributed by atoms with Gasteiger partial charge in [0.15, 0.2) is 0 Å². The Morgan fingerprint density at radius 2 is 2.14 bits per heavy atom. The molecular formula is C16H19N5O. The highest BCUT2D eigenvalue weighted by molar-refractivity contribution is 5.46. The van der Waals surface area contributed by atoms with E-state index in [-0.39, 0.29) is 0 Å². The highest BCUT2D eigenvalue weighted by atomic mass is 16.5. The fourth-order valence-corrected chi connectivity index (χ4v) is 2.41. The average molecular weight is 297 g/mol. The Morgan fingerprint density at radius 1 is 1.27 bits per heavy atom. The Bertz CT molecular complexity index is 768. The van der Waals surface area contributed by atoms with Crippen LogP contribution in [0.1, 0.15) is 24.6 Å². The summed E-state index contributed by atoms with van der Waals surface area (Å²) in [5.74, 6) is 2.37. The van der Waals surface area contributed by atoms with Crippen molar-refractivity contribution >= 4 is 11.6 Å². The van der Waals surface area contributed by atoms with Crippen LogP contribution in [0, 0.1) is 0 Å². The molecule has 22 heavy (non-hydrogen) atoms. The number of nitrogens with zero attached hydrogens (tertiary/aromatic N) is 4. The molecule has 0 aliphatic carbocycles. The quantitative estimate of drug-likeness (QED) is 0.758. The molecule has 3 rings (SSSR count). The zero-order valence-corrected chi connectivity index (χ0v) is 12.8. The topological polar surface area (TPSA) is 64.3 Å². The van der Waals surface area contributed by atoms with E-state index in [0.717, 1.165) is 35.7 Å². The first-order valence-corrected chi connectivity index (χ1v) is 7.37. The lowest BCUT2D eigenvalue weighted by Gasteiger charge is -2.12. The lowest BCUT2D eigenvalue weighted by atomic mass is 10.2. The highest BCUT2D eigenvalue weighted by Gasteiger charge is 2.08. The van der Waals surface area contributed by atoms with Crippen LogP contribution in [-0.2, 0) is 13.0 Å². The molecule has 0 unspecified atom stereocenters. The summed E-state index contributed by atoms with van der Waals surface area (Å²) < 4.78 is 7.10. The minimum absolute atomic E-state index is 0.619. The zero-order valence-electron chi connectivity index (χ0n) is 12.8. The zero-order chi connectivity index (χ0) is 15.4. The molecule has 114 valence electrons. The number of aromatic nitrogens is 4. The lowest BCUT2D eigenvalue weighted by Crippen LogP contribution is -2.08. The van der Waals surface area contributed by atoms with Gasteiger partial charge in [-0.3, -0.25) is 0 Å². The van der Waals surface area contributed by atoms with Gasteiger partial charge in [0.2, 0.25) is 0 Å². The van der Waals surface area contributed by atoms with Gasteiger partial charge in [0.05, 0.1) is 7.11 Å². The Labute approximate surface area is 129 Å². The van der Waals surface area contributed by atoms with E-state index in [1.807, 2.05) is 30.3 Å². The standard InChI is InChI=1S/C16H19N5O/c1-3-6-13-9-15(21-16(20-13)18-11-19-21)17-10-12-7-4-5-8-14(12)22-2/h4-5,7-9,11,17H,3,6,10H2,1-2H3. The molecule has 0 saturated heterocycles. The summed E-state index contributed by atoms with van der Waals surface area (Å²) in [7, 11) is 1.68. The molecule has 6 heteroatoms. The molecule has 0 aliphatic heterocycles. The summed E-state index contributed by atoms with van der Waals surface area (Å²) in [6.45, 7) is 2.78. The van der Waals surface area contributed by atoms with Crippen molar-refractivity contribution in [2.24, 2.45) is 0 Å². The summed E-state index contributed by atoms with van der Waals surface area (Å²) in [6.07, 6.45) is 3.49. The number of para-hydroxylation sites is 1. The third-order valence-electron chi connectivity index (χ3n) is 3.46. The minimum atomic E-state index is 0.619. The molecule has 0 saturated carbocycles. The van der Waals surface area contributed by atoms with Crippen LogP contribution in [-0.4, -0.2) is 26.7 Å². The first-order valence-electron chi connectivity index (χ1n) is 7.37. The number of aryl methyl sites for hydroxylation is 1. The Kier molecular flexibility index (Phi) is 4.18. The van der Waals surface area contributed by atoms with Crippen molar-refractivity contribution in [2.75, 3.05) is 12.4 Å². The van der Waals surface area contributed by atoms with Crippen molar-refractivity contribution < 1.29 is 4.74 Å². The van der Waals surface area contributed by atoms with Crippen LogP contribution in [0.5, 0.6) is 5.75 Å². The molecule has 0 bridgehead atoms. The third-order valence-corrected chi connectivity index (χ3v) is 3.46. The predicted molar refractivity (Wildman–Crippen MR) is 85.1 cm³/mol. The smallest absolute Gasteiger partial charge is 0.254 e. The van der Waals surface area contributed by atoms with E-state index in [1.54, 1.807) is 11.6 Å². The molecule has 0 spiro atoms. The van der Waals surface area contributed by atoms with E-state index in [9.17, 15) is 0 Å². The van der Waals surface area contributed by atoms with E-state index in [4.69, 9.17) is 4.74 Å². The van der Waals surface area contributed by atoms with Gasteiger partial charge in [-0.2, -0.15) is 14.6 Å².